The van der Waals surface area contributed by atoms with Gasteiger partial charge in [-0.3, -0.25) is 4.68 Å². The minimum atomic E-state index is -1.51. The van der Waals surface area contributed by atoms with Crippen molar-refractivity contribution >= 4 is 21.8 Å². The molecular weight excluding hydrogens is 385 g/mol. The van der Waals surface area contributed by atoms with Crippen LogP contribution in [0.15, 0.2) is 36.5 Å². The van der Waals surface area contributed by atoms with Gasteiger partial charge >= 0.3 is 0 Å². The van der Waals surface area contributed by atoms with Crippen LogP contribution in [-0.2, 0) is 12.6 Å². The number of nitrogens with one attached hydrogen (secondary N) is 1. The van der Waals surface area contributed by atoms with E-state index in [1.54, 1.807) is 16.8 Å². The molecule has 8 heteroatoms. The number of hydrogen-bond acceptors (Lipinski definition) is 6. The highest BCUT2D eigenvalue weighted by Crippen LogP contribution is 2.34. The van der Waals surface area contributed by atoms with Gasteiger partial charge in [0.05, 0.1) is 22.8 Å². The molecule has 0 spiro atoms. The molecule has 0 bridgehead atoms. The van der Waals surface area contributed by atoms with Crippen LogP contribution in [0.2, 0.25) is 0 Å². The lowest BCUT2D eigenvalue weighted by Gasteiger charge is -2.37. The summed E-state index contributed by atoms with van der Waals surface area (Å²) >= 11 is 0. The molecule has 0 saturated carbocycles. The molecule has 7 nitrogen and oxygen atoms in total. The summed E-state index contributed by atoms with van der Waals surface area (Å²) in [5.74, 6) is -0.503. The number of halogens is 1. The van der Waals surface area contributed by atoms with Crippen LogP contribution in [0, 0.1) is 12.7 Å². The van der Waals surface area contributed by atoms with Gasteiger partial charge in [-0.15, -0.1) is 10.2 Å². The van der Waals surface area contributed by atoms with Gasteiger partial charge in [0.1, 0.15) is 11.4 Å². The molecule has 3 heterocycles. The van der Waals surface area contributed by atoms with Crippen LogP contribution >= 0.6 is 0 Å². The molecule has 1 saturated heterocycles. The number of aliphatic hydroxyl groups is 2. The first-order chi connectivity index (χ1) is 14.3. The fourth-order valence-corrected chi connectivity index (χ4v) is 4.26. The van der Waals surface area contributed by atoms with Gasteiger partial charge in [-0.2, -0.15) is 5.10 Å². The van der Waals surface area contributed by atoms with Crippen molar-refractivity contribution in [2.45, 2.75) is 25.0 Å². The summed E-state index contributed by atoms with van der Waals surface area (Å²) in [7, 11) is 1.87. The second-order valence-corrected chi connectivity index (χ2v) is 8.05. The molecule has 3 N–H and O–H groups in total. The highest BCUT2D eigenvalue weighted by atomic mass is 19.1. The molecule has 4 aromatic rings. The van der Waals surface area contributed by atoms with E-state index in [4.69, 9.17) is 0 Å². The highest BCUT2D eigenvalue weighted by Gasteiger charge is 2.40. The van der Waals surface area contributed by atoms with E-state index in [1.807, 2.05) is 32.3 Å². The molecule has 30 heavy (non-hydrogen) atoms. The molecule has 1 aliphatic heterocycles. The minimum absolute atomic E-state index is 0.247. The zero-order valence-electron chi connectivity index (χ0n) is 16.7. The molecule has 0 amide bonds. The summed E-state index contributed by atoms with van der Waals surface area (Å²) in [4.78, 5) is 0. The fourth-order valence-electron chi connectivity index (χ4n) is 4.26. The molecule has 0 radical (unpaired) electrons. The van der Waals surface area contributed by atoms with Gasteiger partial charge in [0.15, 0.2) is 0 Å². The Morgan fingerprint density at radius 3 is 2.83 bits per heavy atom. The second-order valence-electron chi connectivity index (χ2n) is 8.05. The van der Waals surface area contributed by atoms with Gasteiger partial charge in [-0.25, -0.2) is 4.39 Å². The van der Waals surface area contributed by atoms with E-state index >= 15 is 4.39 Å². The largest absolute Gasteiger partial charge is 0.388 e. The van der Waals surface area contributed by atoms with Gasteiger partial charge in [-0.05, 0) is 61.3 Å². The normalized spacial score (nSPS) is 22.1. The number of fused-ring (bicyclic) bond motifs is 2. The lowest BCUT2D eigenvalue weighted by Crippen LogP contribution is -2.51. The maximum absolute atomic E-state index is 15.0. The Morgan fingerprint density at radius 2 is 2.03 bits per heavy atom. The topological polar surface area (TPSA) is 96.1 Å². The third kappa shape index (κ3) is 2.96. The van der Waals surface area contributed by atoms with E-state index in [0.717, 1.165) is 22.0 Å². The zero-order chi connectivity index (χ0) is 21.0. The number of nitrogens with zero attached hydrogens (tertiary/aromatic N) is 4. The van der Waals surface area contributed by atoms with Crippen LogP contribution in [0.1, 0.15) is 17.5 Å². The summed E-state index contributed by atoms with van der Waals surface area (Å²) in [6.45, 7) is 2.76. The molecule has 2 aromatic heterocycles. The Hall–Kier alpha value is -2.94. The van der Waals surface area contributed by atoms with E-state index in [1.165, 1.54) is 6.07 Å². The SMILES string of the molecule is Cc1cc(-c2cc3c(F)cc([C@]4(O)CCNC[C@H]4O)cc3nn2)cc2cn(C)nc12. The lowest BCUT2D eigenvalue weighted by atomic mass is 9.82. The smallest absolute Gasteiger partial charge is 0.133 e. The van der Waals surface area contributed by atoms with Crippen molar-refractivity contribution in [3.63, 3.8) is 0 Å². The first-order valence-corrected chi connectivity index (χ1v) is 9.88. The van der Waals surface area contributed by atoms with E-state index in [0.29, 0.717) is 28.7 Å². The Kier molecular flexibility index (Phi) is 4.32. The summed E-state index contributed by atoms with van der Waals surface area (Å²) in [6, 6.07) is 8.50. The van der Waals surface area contributed by atoms with Crippen LogP contribution in [-0.4, -0.2) is 49.4 Å². The predicted octanol–water partition coefficient (Wildman–Crippen LogP) is 2.17. The zero-order valence-corrected chi connectivity index (χ0v) is 16.7. The Morgan fingerprint density at radius 1 is 1.20 bits per heavy atom. The molecule has 154 valence electrons. The number of aromatic nitrogens is 4. The van der Waals surface area contributed by atoms with E-state index in [9.17, 15) is 10.2 Å². The Labute approximate surface area is 172 Å². The summed E-state index contributed by atoms with van der Waals surface area (Å²) in [5.41, 5.74) is 2.45. The lowest BCUT2D eigenvalue weighted by molar-refractivity contribution is -0.0977. The van der Waals surface area contributed by atoms with E-state index in [-0.39, 0.29) is 13.0 Å². The molecular formula is C22H22FN5O2. The van der Waals surface area contributed by atoms with Crippen LogP contribution in [0.25, 0.3) is 33.1 Å². The summed E-state index contributed by atoms with van der Waals surface area (Å²) in [6.07, 6.45) is 1.19. The number of hydrogen-bond donors (Lipinski definition) is 3. The number of rotatable bonds is 2. The molecule has 0 unspecified atom stereocenters. The molecule has 2 aromatic carbocycles. The van der Waals surface area contributed by atoms with Crippen LogP contribution in [0.4, 0.5) is 4.39 Å². The number of piperidine rings is 1. The maximum atomic E-state index is 15.0. The van der Waals surface area contributed by atoms with E-state index in [2.05, 4.69) is 20.6 Å². The average molecular weight is 407 g/mol. The molecule has 5 rings (SSSR count). The van der Waals surface area contributed by atoms with Crippen LogP contribution in [0.5, 0.6) is 0 Å². The van der Waals surface area contributed by atoms with Crippen molar-refractivity contribution < 1.29 is 14.6 Å². The van der Waals surface area contributed by atoms with E-state index < -0.39 is 17.5 Å². The third-order valence-electron chi connectivity index (χ3n) is 5.94. The second kappa shape index (κ2) is 6.80. The van der Waals surface area contributed by atoms with Crippen LogP contribution < -0.4 is 5.32 Å². The van der Waals surface area contributed by atoms with Crippen molar-refractivity contribution in [3.05, 3.63) is 53.5 Å². The van der Waals surface area contributed by atoms with Crippen molar-refractivity contribution in [1.29, 1.82) is 0 Å². The molecule has 1 aliphatic rings. The maximum Gasteiger partial charge on any atom is 0.133 e. The average Bonchev–Trinajstić information content (AvgIpc) is 3.11. The molecule has 1 fully saturated rings. The fraction of sp³-hybridized carbons (Fsp3) is 0.318. The van der Waals surface area contributed by atoms with Gasteiger partial charge in [-0.1, -0.05) is 0 Å². The van der Waals surface area contributed by atoms with Crippen molar-refractivity contribution in [1.82, 2.24) is 25.3 Å². The standard InChI is InChI=1S/C22H22FN5O2/c1-12-5-13(6-14-11-28(2)27-21(12)14)18-9-16-17(23)7-15(8-19(16)26-25-18)22(30)3-4-24-10-20(22)29/h5-9,11,20,24,29-30H,3-4,10H2,1-2H3/t20-,22-/m1/s1. The highest BCUT2D eigenvalue weighted by molar-refractivity contribution is 5.89. The number of β-amino-alcohol motifs (C(OH)–C–C–N with tert-alkyl or cyclic N) is 1. The van der Waals surface area contributed by atoms with Gasteiger partial charge in [0.2, 0.25) is 0 Å². The number of aliphatic hydroxyl groups excluding tert-OH is 1. The number of benzene rings is 2. The van der Waals surface area contributed by atoms with Crippen molar-refractivity contribution in [2.24, 2.45) is 7.05 Å². The third-order valence-corrected chi connectivity index (χ3v) is 5.94. The predicted molar refractivity (Wildman–Crippen MR) is 111 cm³/mol. The van der Waals surface area contributed by atoms with Gasteiger partial charge in [0.25, 0.3) is 0 Å². The van der Waals surface area contributed by atoms with Gasteiger partial charge < -0.3 is 15.5 Å². The van der Waals surface area contributed by atoms with Crippen molar-refractivity contribution in [2.75, 3.05) is 13.1 Å². The van der Waals surface area contributed by atoms with Crippen molar-refractivity contribution in [3.8, 4) is 11.3 Å². The Bertz CT molecular complexity index is 1290. The summed E-state index contributed by atoms with van der Waals surface area (Å²) < 4.78 is 16.8. The van der Waals surface area contributed by atoms with Gasteiger partial charge in [0, 0.05) is 36.1 Å². The molecule has 0 aliphatic carbocycles. The Balaban J connectivity index is 1.61. The minimum Gasteiger partial charge on any atom is -0.388 e. The quantitative estimate of drug-likeness (QED) is 0.471. The summed E-state index contributed by atoms with van der Waals surface area (Å²) in [5, 5.41) is 38.5. The first-order valence-electron chi connectivity index (χ1n) is 9.88. The molecule has 2 atom stereocenters. The monoisotopic (exact) mass is 407 g/mol. The van der Waals surface area contributed by atoms with Crippen LogP contribution in [0.3, 0.4) is 0 Å². The number of aryl methyl sites for hydroxylation is 2. The first kappa shape index (κ1) is 19.0.